The Morgan fingerprint density at radius 3 is 2.81 bits per heavy atom. The highest BCUT2D eigenvalue weighted by molar-refractivity contribution is 5.78. The van der Waals surface area contributed by atoms with Crippen LogP contribution in [0.1, 0.15) is 24.2 Å². The molecular weight excluding hydrogens is 210 g/mol. The number of nitrogens with zero attached hydrogens (tertiary/aromatic N) is 1. The van der Waals surface area contributed by atoms with Crippen LogP contribution < -0.4 is 5.63 Å². The molecule has 0 unspecified atom stereocenters. The Labute approximate surface area is 92.3 Å². The van der Waals surface area contributed by atoms with Gasteiger partial charge in [-0.1, -0.05) is 0 Å². The molecule has 0 atom stereocenters. The van der Waals surface area contributed by atoms with Crippen LogP contribution in [0.25, 0.3) is 0 Å². The lowest BCUT2D eigenvalue weighted by atomic mass is 10.2. The fourth-order valence-electron chi connectivity index (χ4n) is 1.83. The van der Waals surface area contributed by atoms with Gasteiger partial charge in [0, 0.05) is 19.0 Å². The van der Waals surface area contributed by atoms with E-state index in [9.17, 15) is 14.7 Å². The third-order valence-electron chi connectivity index (χ3n) is 2.67. The molecule has 0 radical (unpaired) electrons. The standard InChI is InChI=1S/C11H13NO4/c1-7-5-9(13)8(11(15)16-7)6-12-4-2-3-10(12)14/h5,13H,2-4,6H2,1H3. The minimum Gasteiger partial charge on any atom is -0.507 e. The smallest absolute Gasteiger partial charge is 0.344 e. The highest BCUT2D eigenvalue weighted by atomic mass is 16.4. The monoisotopic (exact) mass is 223 g/mol. The topological polar surface area (TPSA) is 70.8 Å². The van der Waals surface area contributed by atoms with E-state index in [1.54, 1.807) is 11.8 Å². The molecule has 0 bridgehead atoms. The average Bonchev–Trinajstić information content (AvgIpc) is 2.57. The first-order valence-electron chi connectivity index (χ1n) is 5.18. The van der Waals surface area contributed by atoms with Crippen molar-refractivity contribution in [1.29, 1.82) is 0 Å². The van der Waals surface area contributed by atoms with Crippen LogP contribution in [0.15, 0.2) is 15.3 Å². The molecule has 0 saturated carbocycles. The third kappa shape index (κ3) is 1.93. The summed E-state index contributed by atoms with van der Waals surface area (Å²) in [5.74, 6) is 0.270. The highest BCUT2D eigenvalue weighted by Gasteiger charge is 2.23. The van der Waals surface area contributed by atoms with Crippen LogP contribution in [0.4, 0.5) is 0 Å². The van der Waals surface area contributed by atoms with E-state index in [2.05, 4.69) is 0 Å². The lowest BCUT2D eigenvalue weighted by molar-refractivity contribution is -0.128. The number of likely N-dealkylation sites (tertiary alicyclic amines) is 1. The largest absolute Gasteiger partial charge is 0.507 e. The Bertz CT molecular complexity index is 477. The van der Waals surface area contributed by atoms with Crippen molar-refractivity contribution in [3.8, 4) is 5.75 Å². The van der Waals surface area contributed by atoms with Crippen LogP contribution in [-0.4, -0.2) is 22.5 Å². The predicted octanol–water partition coefficient (Wildman–Crippen LogP) is 0.776. The number of carbonyl (C=O) groups excluding carboxylic acids is 1. The summed E-state index contributed by atoms with van der Waals surface area (Å²) >= 11 is 0. The number of hydrogen-bond acceptors (Lipinski definition) is 4. The fraction of sp³-hybridized carbons (Fsp3) is 0.455. The second-order valence-corrected chi connectivity index (χ2v) is 3.93. The van der Waals surface area contributed by atoms with Crippen molar-refractivity contribution >= 4 is 5.91 Å². The molecule has 0 aliphatic carbocycles. The molecule has 1 aromatic heterocycles. The van der Waals surface area contributed by atoms with Crippen molar-refractivity contribution in [2.24, 2.45) is 0 Å². The maximum atomic E-state index is 11.5. The van der Waals surface area contributed by atoms with E-state index in [-0.39, 0.29) is 23.8 Å². The van der Waals surface area contributed by atoms with Crippen LogP contribution in [0, 0.1) is 6.92 Å². The highest BCUT2D eigenvalue weighted by Crippen LogP contribution is 2.19. The summed E-state index contributed by atoms with van der Waals surface area (Å²) in [5.41, 5.74) is -0.418. The van der Waals surface area contributed by atoms with Gasteiger partial charge in [-0.25, -0.2) is 4.79 Å². The van der Waals surface area contributed by atoms with E-state index in [1.165, 1.54) is 6.07 Å². The average molecular weight is 223 g/mol. The molecule has 0 spiro atoms. The number of aryl methyl sites for hydroxylation is 1. The van der Waals surface area contributed by atoms with Crippen LogP contribution in [0.3, 0.4) is 0 Å². The number of rotatable bonds is 2. The summed E-state index contributed by atoms with van der Waals surface area (Å²) < 4.78 is 4.88. The molecule has 16 heavy (non-hydrogen) atoms. The predicted molar refractivity (Wildman–Crippen MR) is 56.0 cm³/mol. The molecule has 2 rings (SSSR count). The Hall–Kier alpha value is -1.78. The molecule has 2 heterocycles. The Balaban J connectivity index is 2.28. The van der Waals surface area contributed by atoms with Crippen LogP contribution in [0.5, 0.6) is 5.75 Å². The zero-order chi connectivity index (χ0) is 11.7. The molecule has 1 aliphatic rings. The van der Waals surface area contributed by atoms with E-state index in [0.29, 0.717) is 18.7 Å². The van der Waals surface area contributed by atoms with Gasteiger partial charge < -0.3 is 14.4 Å². The molecule has 1 aromatic rings. The van der Waals surface area contributed by atoms with Crippen molar-refractivity contribution in [2.45, 2.75) is 26.3 Å². The quantitative estimate of drug-likeness (QED) is 0.804. The number of amides is 1. The Kier molecular flexibility index (Phi) is 2.68. The Morgan fingerprint density at radius 1 is 1.50 bits per heavy atom. The Morgan fingerprint density at radius 2 is 2.25 bits per heavy atom. The minimum atomic E-state index is -0.572. The van der Waals surface area contributed by atoms with E-state index in [0.717, 1.165) is 6.42 Å². The van der Waals surface area contributed by atoms with Crippen LogP contribution in [0.2, 0.25) is 0 Å². The SMILES string of the molecule is Cc1cc(O)c(CN2CCCC2=O)c(=O)o1. The van der Waals surface area contributed by atoms with Gasteiger partial charge in [0.05, 0.1) is 12.1 Å². The lowest BCUT2D eigenvalue weighted by Gasteiger charge is -2.15. The van der Waals surface area contributed by atoms with Gasteiger partial charge in [-0.2, -0.15) is 0 Å². The molecule has 1 N–H and O–H groups in total. The number of hydrogen-bond donors (Lipinski definition) is 1. The first-order chi connectivity index (χ1) is 7.58. The first-order valence-corrected chi connectivity index (χ1v) is 5.18. The van der Waals surface area contributed by atoms with Crippen LogP contribution in [-0.2, 0) is 11.3 Å². The maximum absolute atomic E-state index is 11.5. The molecule has 5 heteroatoms. The summed E-state index contributed by atoms with van der Waals surface area (Å²) in [7, 11) is 0. The van der Waals surface area contributed by atoms with Gasteiger partial charge >= 0.3 is 5.63 Å². The van der Waals surface area contributed by atoms with Gasteiger partial charge in [0.25, 0.3) is 0 Å². The van der Waals surface area contributed by atoms with E-state index in [4.69, 9.17) is 4.42 Å². The van der Waals surface area contributed by atoms with Gasteiger partial charge in [-0.05, 0) is 13.3 Å². The molecule has 1 amide bonds. The molecule has 5 nitrogen and oxygen atoms in total. The number of aromatic hydroxyl groups is 1. The van der Waals surface area contributed by atoms with Crippen molar-refractivity contribution in [2.75, 3.05) is 6.54 Å². The zero-order valence-electron chi connectivity index (χ0n) is 9.02. The van der Waals surface area contributed by atoms with Crippen molar-refractivity contribution in [1.82, 2.24) is 4.90 Å². The van der Waals surface area contributed by atoms with Gasteiger partial charge in [0.1, 0.15) is 11.5 Å². The molecule has 1 saturated heterocycles. The molecule has 0 aromatic carbocycles. The normalized spacial score (nSPS) is 15.8. The maximum Gasteiger partial charge on any atom is 0.344 e. The summed E-state index contributed by atoms with van der Waals surface area (Å²) in [4.78, 5) is 24.4. The number of carbonyl (C=O) groups is 1. The second kappa shape index (κ2) is 4.00. The molecule has 86 valence electrons. The fourth-order valence-corrected chi connectivity index (χ4v) is 1.83. The van der Waals surface area contributed by atoms with Gasteiger partial charge in [0.2, 0.25) is 5.91 Å². The van der Waals surface area contributed by atoms with E-state index < -0.39 is 5.63 Å². The van der Waals surface area contributed by atoms with E-state index >= 15 is 0 Å². The van der Waals surface area contributed by atoms with Crippen molar-refractivity contribution in [3.05, 3.63) is 27.8 Å². The summed E-state index contributed by atoms with van der Waals surface area (Å²) in [5, 5.41) is 9.62. The molecular formula is C11H13NO4. The molecule has 1 fully saturated rings. The van der Waals surface area contributed by atoms with Crippen molar-refractivity contribution in [3.63, 3.8) is 0 Å². The summed E-state index contributed by atoms with van der Waals surface area (Å²) in [6, 6.07) is 1.39. The second-order valence-electron chi connectivity index (χ2n) is 3.93. The zero-order valence-corrected chi connectivity index (χ0v) is 9.02. The van der Waals surface area contributed by atoms with Crippen LogP contribution >= 0.6 is 0 Å². The molecule has 1 aliphatic heterocycles. The van der Waals surface area contributed by atoms with Gasteiger partial charge in [0.15, 0.2) is 0 Å². The van der Waals surface area contributed by atoms with E-state index in [1.807, 2.05) is 0 Å². The first kappa shape index (κ1) is 10.7. The van der Waals surface area contributed by atoms with Gasteiger partial charge in [-0.15, -0.1) is 0 Å². The summed E-state index contributed by atoms with van der Waals surface area (Å²) in [6.45, 7) is 2.35. The van der Waals surface area contributed by atoms with Crippen molar-refractivity contribution < 1.29 is 14.3 Å². The minimum absolute atomic E-state index is 0.0133. The third-order valence-corrected chi connectivity index (χ3v) is 2.67. The summed E-state index contributed by atoms with van der Waals surface area (Å²) in [6.07, 6.45) is 1.31. The van der Waals surface area contributed by atoms with Gasteiger partial charge in [-0.3, -0.25) is 4.79 Å². The lowest BCUT2D eigenvalue weighted by Crippen LogP contribution is -2.27.